The molecular weight excluding hydrogens is 514 g/mol. The van der Waals surface area contributed by atoms with Crippen molar-refractivity contribution in [2.45, 2.75) is 26.1 Å². The lowest BCUT2D eigenvalue weighted by Crippen LogP contribution is -2.45. The van der Waals surface area contributed by atoms with Crippen molar-refractivity contribution in [3.05, 3.63) is 54.9 Å². The highest BCUT2D eigenvalue weighted by atomic mass is 32.1. The zero-order valence-corrected chi connectivity index (χ0v) is 22.8. The van der Waals surface area contributed by atoms with E-state index in [0.29, 0.717) is 24.6 Å². The van der Waals surface area contributed by atoms with E-state index in [1.54, 1.807) is 35.9 Å². The van der Waals surface area contributed by atoms with E-state index >= 15 is 0 Å². The van der Waals surface area contributed by atoms with Crippen molar-refractivity contribution < 1.29 is 14.3 Å². The molecule has 2 fully saturated rings. The molecule has 2 saturated heterocycles. The molecule has 2 aliphatic heterocycles. The number of benzene rings is 1. The van der Waals surface area contributed by atoms with Gasteiger partial charge in [-0.2, -0.15) is 0 Å². The first-order chi connectivity index (χ1) is 19.0. The summed E-state index contributed by atoms with van der Waals surface area (Å²) < 4.78 is 11.6. The summed E-state index contributed by atoms with van der Waals surface area (Å²) in [4.78, 5) is 32.0. The molecule has 0 bridgehead atoms. The highest BCUT2D eigenvalue weighted by Gasteiger charge is 2.26. The van der Waals surface area contributed by atoms with Crippen molar-refractivity contribution in [1.82, 2.24) is 15.0 Å². The molecule has 4 aromatic rings. The third-order valence-corrected chi connectivity index (χ3v) is 7.76. The fraction of sp³-hybridized carbons (Fsp3) is 0.357. The number of fused-ring (bicyclic) bond motifs is 1. The second-order valence-electron chi connectivity index (χ2n) is 9.83. The molecule has 0 radical (unpaired) electrons. The van der Waals surface area contributed by atoms with E-state index in [1.165, 1.54) is 0 Å². The Bertz CT molecular complexity index is 1430. The molecule has 2 atom stereocenters. The van der Waals surface area contributed by atoms with Crippen molar-refractivity contribution in [1.29, 1.82) is 0 Å². The minimum absolute atomic E-state index is 0.155. The van der Waals surface area contributed by atoms with E-state index in [2.05, 4.69) is 45.3 Å². The maximum absolute atomic E-state index is 12.4. The van der Waals surface area contributed by atoms with Crippen molar-refractivity contribution in [3.63, 3.8) is 0 Å². The smallest absolute Gasteiger partial charge is 0.323 e. The Morgan fingerprint density at radius 2 is 1.59 bits per heavy atom. The molecule has 5 heterocycles. The maximum Gasteiger partial charge on any atom is 0.323 e. The molecule has 0 aliphatic carbocycles. The minimum atomic E-state index is -0.313. The zero-order valence-electron chi connectivity index (χ0n) is 22.0. The number of amides is 2. The van der Waals surface area contributed by atoms with Crippen LogP contribution >= 0.6 is 11.3 Å². The molecule has 2 N–H and O–H groups in total. The van der Waals surface area contributed by atoms with Gasteiger partial charge in [0, 0.05) is 55.5 Å². The Balaban J connectivity index is 1.28. The molecule has 202 valence electrons. The van der Waals surface area contributed by atoms with Crippen LogP contribution in [0.15, 0.2) is 54.9 Å². The van der Waals surface area contributed by atoms with Crippen LogP contribution in [0, 0.1) is 0 Å². The summed E-state index contributed by atoms with van der Waals surface area (Å²) in [6.45, 7) is 8.84. The molecule has 0 unspecified atom stereocenters. The topological polar surface area (TPSA) is 105 Å². The summed E-state index contributed by atoms with van der Waals surface area (Å²) in [6.07, 6.45) is 3.57. The number of carbonyl (C=O) groups excluding carboxylic acids is 1. The predicted octanol–water partition coefficient (Wildman–Crippen LogP) is 4.85. The van der Waals surface area contributed by atoms with E-state index in [0.717, 1.165) is 58.6 Å². The van der Waals surface area contributed by atoms with Crippen LogP contribution in [0.2, 0.25) is 0 Å². The van der Waals surface area contributed by atoms with Gasteiger partial charge in [-0.1, -0.05) is 23.5 Å². The van der Waals surface area contributed by atoms with E-state index in [4.69, 9.17) is 19.4 Å². The van der Waals surface area contributed by atoms with Gasteiger partial charge in [0.2, 0.25) is 0 Å². The SMILES string of the molecule is C[C@@H]1CN(c2nc3c(N4CCOCC4)cc(-c4ccc(NC(=O)Nc5ccncc5)cc4)nc3s2)C[C@H](C)O1. The summed E-state index contributed by atoms with van der Waals surface area (Å²) in [6, 6.07) is 13.0. The lowest BCUT2D eigenvalue weighted by molar-refractivity contribution is -0.00521. The van der Waals surface area contributed by atoms with Gasteiger partial charge in [-0.05, 0) is 44.2 Å². The van der Waals surface area contributed by atoms with Gasteiger partial charge in [0.05, 0.1) is 36.8 Å². The highest BCUT2D eigenvalue weighted by Crippen LogP contribution is 2.37. The van der Waals surface area contributed by atoms with Gasteiger partial charge >= 0.3 is 6.03 Å². The second kappa shape index (κ2) is 11.1. The van der Waals surface area contributed by atoms with Crippen LogP contribution in [0.25, 0.3) is 21.6 Å². The number of pyridine rings is 2. The number of urea groups is 1. The van der Waals surface area contributed by atoms with E-state index < -0.39 is 0 Å². The summed E-state index contributed by atoms with van der Waals surface area (Å²) >= 11 is 1.63. The third-order valence-electron chi connectivity index (χ3n) is 6.75. The van der Waals surface area contributed by atoms with Gasteiger partial charge in [-0.15, -0.1) is 0 Å². The zero-order chi connectivity index (χ0) is 26.8. The van der Waals surface area contributed by atoms with Crippen molar-refractivity contribution >= 4 is 49.9 Å². The van der Waals surface area contributed by atoms with Crippen LogP contribution in [-0.4, -0.2) is 72.6 Å². The third kappa shape index (κ3) is 5.80. The fourth-order valence-corrected chi connectivity index (χ4v) is 5.98. The lowest BCUT2D eigenvalue weighted by atomic mass is 10.1. The molecule has 6 rings (SSSR count). The number of nitrogens with one attached hydrogen (secondary N) is 2. The van der Waals surface area contributed by atoms with E-state index in [-0.39, 0.29) is 18.2 Å². The Labute approximate surface area is 231 Å². The van der Waals surface area contributed by atoms with Gasteiger partial charge in [-0.3, -0.25) is 4.98 Å². The summed E-state index contributed by atoms with van der Waals surface area (Å²) in [7, 11) is 0. The van der Waals surface area contributed by atoms with Crippen LogP contribution in [0.5, 0.6) is 0 Å². The quantitative estimate of drug-likeness (QED) is 0.367. The van der Waals surface area contributed by atoms with Crippen LogP contribution in [-0.2, 0) is 9.47 Å². The first-order valence-corrected chi connectivity index (χ1v) is 14.0. The molecule has 0 saturated carbocycles. The molecule has 10 nitrogen and oxygen atoms in total. The standard InChI is InChI=1S/C28H31N7O3S/c1-18-16-35(17-19(2)38-18)28-33-25-24(34-11-13-37-14-12-34)15-23(32-26(25)39-28)20-3-5-21(6-4-20)30-27(36)31-22-7-9-29-10-8-22/h3-10,15,18-19H,11-14,16-17H2,1-2H3,(H2,29,30,31,36)/t18-,19+. The summed E-state index contributed by atoms with van der Waals surface area (Å²) in [5.74, 6) is 0. The van der Waals surface area contributed by atoms with Crippen molar-refractivity contribution in [3.8, 4) is 11.3 Å². The molecule has 39 heavy (non-hydrogen) atoms. The number of hydrogen-bond donors (Lipinski definition) is 2. The number of nitrogens with zero attached hydrogens (tertiary/aromatic N) is 5. The average molecular weight is 546 g/mol. The van der Waals surface area contributed by atoms with Crippen LogP contribution in [0.1, 0.15) is 13.8 Å². The Hall–Kier alpha value is -3.80. The van der Waals surface area contributed by atoms with E-state index in [9.17, 15) is 4.79 Å². The van der Waals surface area contributed by atoms with Gasteiger partial charge < -0.3 is 29.9 Å². The molecule has 0 spiro atoms. The number of anilines is 4. The molecule has 11 heteroatoms. The number of thiazole rings is 1. The molecule has 2 aliphatic rings. The second-order valence-corrected chi connectivity index (χ2v) is 10.8. The number of hydrogen-bond acceptors (Lipinski definition) is 9. The van der Waals surface area contributed by atoms with Crippen molar-refractivity contribution in [2.75, 3.05) is 59.8 Å². The van der Waals surface area contributed by atoms with Crippen molar-refractivity contribution in [2.24, 2.45) is 0 Å². The summed E-state index contributed by atoms with van der Waals surface area (Å²) in [5, 5.41) is 6.65. The number of rotatable bonds is 5. The van der Waals surface area contributed by atoms with Gasteiger partial charge in [0.15, 0.2) is 5.13 Å². The molecule has 2 amide bonds. The Morgan fingerprint density at radius 3 is 2.28 bits per heavy atom. The van der Waals surface area contributed by atoms with Gasteiger partial charge in [0.1, 0.15) is 10.3 Å². The van der Waals surface area contributed by atoms with E-state index in [1.807, 2.05) is 24.3 Å². The van der Waals surface area contributed by atoms with Crippen LogP contribution in [0.4, 0.5) is 27.0 Å². The highest BCUT2D eigenvalue weighted by molar-refractivity contribution is 7.21. The largest absolute Gasteiger partial charge is 0.378 e. The van der Waals surface area contributed by atoms with Crippen LogP contribution < -0.4 is 20.4 Å². The first kappa shape index (κ1) is 25.5. The molecular formula is C28H31N7O3S. The number of carbonyl (C=O) groups is 1. The van der Waals surface area contributed by atoms with Crippen LogP contribution in [0.3, 0.4) is 0 Å². The number of aromatic nitrogens is 3. The molecule has 3 aromatic heterocycles. The van der Waals surface area contributed by atoms with Gasteiger partial charge in [0.25, 0.3) is 0 Å². The fourth-order valence-electron chi connectivity index (χ4n) is 5.00. The lowest BCUT2D eigenvalue weighted by Gasteiger charge is -2.35. The molecule has 1 aromatic carbocycles. The minimum Gasteiger partial charge on any atom is -0.378 e. The number of morpholine rings is 2. The maximum atomic E-state index is 12.4. The Morgan fingerprint density at radius 1 is 0.923 bits per heavy atom. The number of ether oxygens (including phenoxy) is 2. The normalized spacial score (nSPS) is 19.7. The first-order valence-electron chi connectivity index (χ1n) is 13.1. The summed E-state index contributed by atoms with van der Waals surface area (Å²) in [5.41, 5.74) is 5.21. The Kier molecular flexibility index (Phi) is 7.27. The average Bonchev–Trinajstić information content (AvgIpc) is 3.38. The predicted molar refractivity (Wildman–Crippen MR) is 155 cm³/mol. The van der Waals surface area contributed by atoms with Gasteiger partial charge in [-0.25, -0.2) is 14.8 Å². The monoisotopic (exact) mass is 545 g/mol.